The van der Waals surface area contributed by atoms with Crippen LogP contribution in [0.3, 0.4) is 0 Å². The molecule has 0 saturated carbocycles. The topological polar surface area (TPSA) is 78.1 Å². The lowest BCUT2D eigenvalue weighted by molar-refractivity contribution is 0.0466. The second-order valence-corrected chi connectivity index (χ2v) is 3.93. The molecule has 1 aromatic heterocycles. The van der Waals surface area contributed by atoms with Crippen LogP contribution in [0.25, 0.3) is 0 Å². The number of hydrogen-bond acceptors (Lipinski definition) is 5. The lowest BCUT2D eigenvalue weighted by Crippen LogP contribution is -2.11. The van der Waals surface area contributed by atoms with Gasteiger partial charge in [0.2, 0.25) is 0 Å². The zero-order chi connectivity index (χ0) is 13.0. The second-order valence-electron chi connectivity index (χ2n) is 3.50. The zero-order valence-corrected chi connectivity index (χ0v) is 10.1. The first kappa shape index (κ1) is 12.3. The molecule has 0 radical (unpaired) electrons. The van der Waals surface area contributed by atoms with Crippen LogP contribution in [0, 0.1) is 0 Å². The van der Waals surface area contributed by atoms with E-state index < -0.39 is 5.97 Å². The van der Waals surface area contributed by atoms with Gasteiger partial charge in [-0.15, -0.1) is 0 Å². The number of ether oxygens (including phenoxy) is 1. The van der Waals surface area contributed by atoms with Crippen molar-refractivity contribution in [2.24, 2.45) is 0 Å². The number of carbonyl (C=O) groups is 1. The van der Waals surface area contributed by atoms with Crippen molar-refractivity contribution >= 4 is 23.4 Å². The number of rotatable bonds is 3. The predicted octanol–water partition coefficient (Wildman–Crippen LogP) is 2.07. The van der Waals surface area contributed by atoms with Gasteiger partial charge in [-0.2, -0.15) is 0 Å². The molecule has 92 valence electrons. The van der Waals surface area contributed by atoms with E-state index in [2.05, 4.69) is 9.97 Å². The molecule has 5 nitrogen and oxygen atoms in total. The van der Waals surface area contributed by atoms with E-state index in [0.717, 1.165) is 5.56 Å². The van der Waals surface area contributed by atoms with Crippen LogP contribution in [0.5, 0.6) is 0 Å². The van der Waals surface area contributed by atoms with E-state index in [-0.39, 0.29) is 18.1 Å². The summed E-state index contributed by atoms with van der Waals surface area (Å²) in [4.78, 5) is 19.3. The number of halogens is 1. The maximum atomic E-state index is 11.7. The van der Waals surface area contributed by atoms with Crippen LogP contribution in [0.1, 0.15) is 16.1 Å². The van der Waals surface area contributed by atoms with Crippen molar-refractivity contribution in [2.45, 2.75) is 6.61 Å². The summed E-state index contributed by atoms with van der Waals surface area (Å²) in [7, 11) is 0. The highest BCUT2D eigenvalue weighted by Crippen LogP contribution is 2.13. The number of hydrogen-bond donors (Lipinski definition) is 1. The van der Waals surface area contributed by atoms with Crippen molar-refractivity contribution in [2.75, 3.05) is 5.73 Å². The average Bonchev–Trinajstić information content (AvgIpc) is 2.37. The molecule has 0 spiro atoms. The van der Waals surface area contributed by atoms with E-state index in [1.807, 2.05) is 0 Å². The lowest BCUT2D eigenvalue weighted by atomic mass is 10.2. The van der Waals surface area contributed by atoms with Gasteiger partial charge in [-0.05, 0) is 17.7 Å². The molecular formula is C12H10ClN3O2. The van der Waals surface area contributed by atoms with E-state index in [1.54, 1.807) is 24.3 Å². The first-order valence-electron chi connectivity index (χ1n) is 5.15. The Labute approximate surface area is 109 Å². The molecule has 1 aromatic carbocycles. The molecule has 0 aliphatic carbocycles. The van der Waals surface area contributed by atoms with Gasteiger partial charge in [0.15, 0.2) is 11.5 Å². The highest BCUT2D eigenvalue weighted by atomic mass is 35.5. The van der Waals surface area contributed by atoms with Gasteiger partial charge >= 0.3 is 5.97 Å². The lowest BCUT2D eigenvalue weighted by Gasteiger charge is -2.05. The number of nitrogens with zero attached hydrogens (tertiary/aromatic N) is 2. The van der Waals surface area contributed by atoms with Crippen LogP contribution in [0.4, 0.5) is 5.82 Å². The third kappa shape index (κ3) is 2.95. The molecule has 2 aromatic rings. The van der Waals surface area contributed by atoms with Gasteiger partial charge in [-0.1, -0.05) is 23.7 Å². The minimum atomic E-state index is -0.611. The van der Waals surface area contributed by atoms with Gasteiger partial charge in [0.1, 0.15) is 6.61 Å². The maximum Gasteiger partial charge on any atom is 0.361 e. The molecule has 0 amide bonds. The fourth-order valence-corrected chi connectivity index (χ4v) is 1.56. The minimum Gasteiger partial charge on any atom is -0.456 e. The van der Waals surface area contributed by atoms with E-state index in [9.17, 15) is 4.79 Å². The fraction of sp³-hybridized carbons (Fsp3) is 0.0833. The summed E-state index contributed by atoms with van der Waals surface area (Å²) >= 11 is 5.82. The van der Waals surface area contributed by atoms with Crippen LogP contribution in [-0.4, -0.2) is 15.9 Å². The Kier molecular flexibility index (Phi) is 3.74. The smallest absolute Gasteiger partial charge is 0.361 e. The number of anilines is 1. The van der Waals surface area contributed by atoms with Gasteiger partial charge in [-0.25, -0.2) is 14.8 Å². The van der Waals surface area contributed by atoms with Gasteiger partial charge in [-0.3, -0.25) is 0 Å². The summed E-state index contributed by atoms with van der Waals surface area (Å²) in [5.41, 5.74) is 6.32. The highest BCUT2D eigenvalue weighted by Gasteiger charge is 2.13. The van der Waals surface area contributed by atoms with Crippen molar-refractivity contribution in [3.63, 3.8) is 0 Å². The summed E-state index contributed by atoms with van der Waals surface area (Å²) in [5.74, 6) is -0.561. The number of benzene rings is 1. The zero-order valence-electron chi connectivity index (χ0n) is 9.34. The van der Waals surface area contributed by atoms with Gasteiger partial charge in [0, 0.05) is 17.4 Å². The van der Waals surface area contributed by atoms with Gasteiger partial charge in [0.05, 0.1) is 0 Å². The molecule has 6 heteroatoms. The molecule has 0 saturated heterocycles. The van der Waals surface area contributed by atoms with Crippen LogP contribution in [0.15, 0.2) is 36.7 Å². The van der Waals surface area contributed by atoms with E-state index >= 15 is 0 Å². The molecule has 0 aliphatic heterocycles. The third-order valence-corrected chi connectivity index (χ3v) is 2.41. The van der Waals surface area contributed by atoms with Crippen molar-refractivity contribution in [1.29, 1.82) is 0 Å². The van der Waals surface area contributed by atoms with Crippen LogP contribution >= 0.6 is 11.6 Å². The largest absolute Gasteiger partial charge is 0.456 e. The Morgan fingerprint density at radius 2 is 2.11 bits per heavy atom. The number of nitrogen functional groups attached to an aromatic ring is 1. The predicted molar refractivity (Wildman–Crippen MR) is 67.0 cm³/mol. The van der Waals surface area contributed by atoms with E-state index in [1.165, 1.54) is 12.4 Å². The first-order chi connectivity index (χ1) is 8.66. The number of nitrogens with two attached hydrogens (primary N) is 1. The third-order valence-electron chi connectivity index (χ3n) is 2.18. The van der Waals surface area contributed by atoms with Gasteiger partial charge < -0.3 is 10.5 Å². The Morgan fingerprint density at radius 1 is 1.33 bits per heavy atom. The molecule has 0 unspecified atom stereocenters. The maximum absolute atomic E-state index is 11.7. The monoisotopic (exact) mass is 263 g/mol. The average molecular weight is 264 g/mol. The molecule has 0 bridgehead atoms. The molecule has 2 N–H and O–H groups in total. The molecule has 1 heterocycles. The van der Waals surface area contributed by atoms with E-state index in [0.29, 0.717) is 5.02 Å². The summed E-state index contributed by atoms with van der Waals surface area (Å²) in [6.07, 6.45) is 2.79. The van der Waals surface area contributed by atoms with Crippen LogP contribution in [-0.2, 0) is 11.3 Å². The number of carbonyl (C=O) groups excluding carboxylic acids is 1. The van der Waals surface area contributed by atoms with Gasteiger partial charge in [0.25, 0.3) is 0 Å². The van der Waals surface area contributed by atoms with Crippen molar-refractivity contribution in [1.82, 2.24) is 9.97 Å². The molecule has 18 heavy (non-hydrogen) atoms. The second kappa shape index (κ2) is 5.46. The van der Waals surface area contributed by atoms with Crippen LogP contribution < -0.4 is 5.73 Å². The molecule has 0 atom stereocenters. The standard InChI is InChI=1S/C12H10ClN3O2/c13-9-3-1-2-8(6-9)7-18-12(17)10-11(14)16-5-4-15-10/h1-6H,7H2,(H2,14,16). The quantitative estimate of drug-likeness (QED) is 0.858. The number of aromatic nitrogens is 2. The Morgan fingerprint density at radius 3 is 2.83 bits per heavy atom. The Hall–Kier alpha value is -2.14. The normalized spacial score (nSPS) is 10.1. The number of esters is 1. The van der Waals surface area contributed by atoms with Crippen LogP contribution in [0.2, 0.25) is 5.02 Å². The minimum absolute atomic E-state index is 0.0135. The summed E-state index contributed by atoms with van der Waals surface area (Å²) in [6, 6.07) is 7.05. The van der Waals surface area contributed by atoms with Crippen molar-refractivity contribution in [3.05, 3.63) is 52.9 Å². The molecule has 0 fully saturated rings. The van der Waals surface area contributed by atoms with Crippen molar-refractivity contribution in [3.8, 4) is 0 Å². The highest BCUT2D eigenvalue weighted by molar-refractivity contribution is 6.30. The first-order valence-corrected chi connectivity index (χ1v) is 5.52. The Balaban J connectivity index is 2.03. The SMILES string of the molecule is Nc1nccnc1C(=O)OCc1cccc(Cl)c1. The van der Waals surface area contributed by atoms with Crippen molar-refractivity contribution < 1.29 is 9.53 Å². The fourth-order valence-electron chi connectivity index (χ4n) is 1.35. The Bertz CT molecular complexity index is 575. The molecule has 2 rings (SSSR count). The molecular weight excluding hydrogens is 254 g/mol. The van der Waals surface area contributed by atoms with E-state index in [4.69, 9.17) is 22.1 Å². The summed E-state index contributed by atoms with van der Waals surface area (Å²) in [6.45, 7) is 0.107. The summed E-state index contributed by atoms with van der Waals surface area (Å²) in [5, 5.41) is 0.586. The molecule has 0 aliphatic rings. The summed E-state index contributed by atoms with van der Waals surface area (Å²) < 4.78 is 5.07.